The molecule has 1 aliphatic heterocycles. The molecule has 6 heteroatoms. The van der Waals surface area contributed by atoms with Crippen molar-refractivity contribution in [3.8, 4) is 0 Å². The van der Waals surface area contributed by atoms with Gasteiger partial charge in [-0.3, -0.25) is 9.59 Å². The van der Waals surface area contributed by atoms with E-state index in [1.165, 1.54) is 51.4 Å². The van der Waals surface area contributed by atoms with Crippen molar-refractivity contribution >= 4 is 11.9 Å². The molecule has 0 aromatic heterocycles. The van der Waals surface area contributed by atoms with Gasteiger partial charge < -0.3 is 19.3 Å². The molecule has 1 heterocycles. The molecule has 0 radical (unpaired) electrons. The van der Waals surface area contributed by atoms with Gasteiger partial charge in [0.25, 0.3) is 0 Å². The largest absolute Gasteiger partial charge is 0.463 e. The summed E-state index contributed by atoms with van der Waals surface area (Å²) < 4.78 is 15.9. The molecule has 6 nitrogen and oxygen atoms in total. The van der Waals surface area contributed by atoms with E-state index in [1.807, 2.05) is 0 Å². The number of esters is 2. The molecule has 0 bridgehead atoms. The first-order chi connectivity index (χ1) is 19.1. The fraction of sp³-hybridized carbons (Fsp3) is 0.758. The molecule has 3 atom stereocenters. The first-order valence-corrected chi connectivity index (χ1v) is 15.7. The lowest BCUT2D eigenvalue weighted by molar-refractivity contribution is -0.152. The molecule has 2 unspecified atom stereocenters. The van der Waals surface area contributed by atoms with Gasteiger partial charge in [-0.1, -0.05) is 102 Å². The van der Waals surface area contributed by atoms with Crippen LogP contribution in [-0.2, 0) is 23.8 Å². The molecule has 224 valence electrons. The molecular formula is C33H56O6. The van der Waals surface area contributed by atoms with E-state index >= 15 is 0 Å². The van der Waals surface area contributed by atoms with E-state index in [-0.39, 0.29) is 25.2 Å². The molecule has 0 aromatic carbocycles. The van der Waals surface area contributed by atoms with Crippen LogP contribution in [0.2, 0.25) is 0 Å². The predicted octanol–water partition coefficient (Wildman–Crippen LogP) is 7.93. The van der Waals surface area contributed by atoms with Crippen LogP contribution in [0.1, 0.15) is 129 Å². The standard InChI is InChI=1S/C33H56O6/c1-3-5-7-9-11-12-14-15-19-23-30-31(39-30)24-20-17-18-22-26-33(36)38-28-29(34)27-37-32(35)25-21-16-13-10-8-6-4-2/h11-12,15,17,19-20,29-31,34H,3-10,13-14,16,18,21-28H2,1-2H3/b12-11-,19-15-,20-17-/t29-,30?,31?/m0/s1. The van der Waals surface area contributed by atoms with E-state index in [4.69, 9.17) is 14.2 Å². The molecule has 0 spiro atoms. The Hall–Kier alpha value is -1.92. The summed E-state index contributed by atoms with van der Waals surface area (Å²) in [5.74, 6) is -0.647. The van der Waals surface area contributed by atoms with E-state index in [0.29, 0.717) is 31.5 Å². The number of aliphatic hydroxyl groups is 1. The van der Waals surface area contributed by atoms with Crippen LogP contribution in [-0.4, -0.2) is 48.6 Å². The van der Waals surface area contributed by atoms with Gasteiger partial charge in [-0.05, 0) is 51.4 Å². The van der Waals surface area contributed by atoms with Gasteiger partial charge in [0.2, 0.25) is 0 Å². The summed E-state index contributed by atoms with van der Waals surface area (Å²) >= 11 is 0. The number of aliphatic hydroxyl groups excluding tert-OH is 1. The average molecular weight is 549 g/mol. The summed E-state index contributed by atoms with van der Waals surface area (Å²) in [5, 5.41) is 9.90. The fourth-order valence-corrected chi connectivity index (χ4v) is 4.23. The first-order valence-electron chi connectivity index (χ1n) is 15.7. The number of epoxide rings is 1. The number of ether oxygens (including phenoxy) is 3. The van der Waals surface area contributed by atoms with Crippen molar-refractivity contribution in [2.24, 2.45) is 0 Å². The highest BCUT2D eigenvalue weighted by atomic mass is 16.6. The number of rotatable bonds is 26. The van der Waals surface area contributed by atoms with Crippen LogP contribution in [0, 0.1) is 0 Å². The third kappa shape index (κ3) is 22.6. The highest BCUT2D eigenvalue weighted by Gasteiger charge is 2.35. The minimum absolute atomic E-state index is 0.137. The second-order valence-corrected chi connectivity index (χ2v) is 10.6. The monoisotopic (exact) mass is 548 g/mol. The smallest absolute Gasteiger partial charge is 0.305 e. The van der Waals surface area contributed by atoms with Crippen LogP contribution in [0.3, 0.4) is 0 Å². The Labute approximate surface area is 238 Å². The maximum Gasteiger partial charge on any atom is 0.305 e. The Bertz CT molecular complexity index is 698. The summed E-state index contributed by atoms with van der Waals surface area (Å²) in [5.41, 5.74) is 0. The Balaban J connectivity index is 1.93. The zero-order chi connectivity index (χ0) is 28.4. The van der Waals surface area contributed by atoms with Gasteiger partial charge in [0.15, 0.2) is 0 Å². The minimum atomic E-state index is -0.986. The van der Waals surface area contributed by atoms with Crippen LogP contribution < -0.4 is 0 Å². The van der Waals surface area contributed by atoms with Gasteiger partial charge in [0.05, 0.1) is 12.2 Å². The third-order valence-electron chi connectivity index (χ3n) is 6.78. The predicted molar refractivity (Wildman–Crippen MR) is 158 cm³/mol. The molecular weight excluding hydrogens is 492 g/mol. The fourth-order valence-electron chi connectivity index (χ4n) is 4.23. The second-order valence-electron chi connectivity index (χ2n) is 10.6. The van der Waals surface area contributed by atoms with Gasteiger partial charge in [0, 0.05) is 12.8 Å². The summed E-state index contributed by atoms with van der Waals surface area (Å²) in [4.78, 5) is 23.6. The summed E-state index contributed by atoms with van der Waals surface area (Å²) in [6.07, 6.45) is 30.9. The van der Waals surface area contributed by atoms with Crippen LogP contribution in [0.25, 0.3) is 0 Å². The van der Waals surface area contributed by atoms with Gasteiger partial charge in [-0.15, -0.1) is 0 Å². The quantitative estimate of drug-likeness (QED) is 0.0511. The van der Waals surface area contributed by atoms with Crippen molar-refractivity contribution in [3.63, 3.8) is 0 Å². The molecule has 0 amide bonds. The second kappa shape index (κ2) is 25.1. The van der Waals surface area contributed by atoms with Gasteiger partial charge in [0.1, 0.15) is 19.3 Å². The lowest BCUT2D eigenvalue weighted by Crippen LogP contribution is -2.25. The van der Waals surface area contributed by atoms with Crippen molar-refractivity contribution < 1.29 is 28.9 Å². The molecule has 1 saturated heterocycles. The van der Waals surface area contributed by atoms with Crippen LogP contribution in [0.4, 0.5) is 0 Å². The van der Waals surface area contributed by atoms with Crippen LogP contribution in [0.15, 0.2) is 36.5 Å². The Kier molecular flexibility index (Phi) is 22.6. The molecule has 1 N–H and O–H groups in total. The van der Waals surface area contributed by atoms with E-state index in [0.717, 1.165) is 44.9 Å². The van der Waals surface area contributed by atoms with Gasteiger partial charge in [-0.2, -0.15) is 0 Å². The average Bonchev–Trinajstić information content (AvgIpc) is 3.69. The Morgan fingerprint density at radius 2 is 1.15 bits per heavy atom. The van der Waals surface area contributed by atoms with Crippen molar-refractivity contribution in [2.45, 2.75) is 148 Å². The summed E-state index contributed by atoms with van der Waals surface area (Å²) in [6.45, 7) is 4.14. The molecule has 1 aliphatic rings. The first kappa shape index (κ1) is 35.1. The zero-order valence-electron chi connectivity index (χ0n) is 24.8. The lowest BCUT2D eigenvalue weighted by Gasteiger charge is -2.12. The number of allylic oxidation sites excluding steroid dienone is 4. The number of carbonyl (C=O) groups excluding carboxylic acids is 2. The Morgan fingerprint density at radius 1 is 0.667 bits per heavy atom. The maximum atomic E-state index is 11.9. The topological polar surface area (TPSA) is 85.4 Å². The molecule has 0 aliphatic carbocycles. The van der Waals surface area contributed by atoms with Crippen molar-refractivity contribution in [3.05, 3.63) is 36.5 Å². The Morgan fingerprint density at radius 3 is 1.82 bits per heavy atom. The maximum absolute atomic E-state index is 11.9. The van der Waals surface area contributed by atoms with Crippen LogP contribution in [0.5, 0.6) is 0 Å². The van der Waals surface area contributed by atoms with E-state index < -0.39 is 6.10 Å². The number of hydrogen-bond acceptors (Lipinski definition) is 6. The van der Waals surface area contributed by atoms with E-state index in [9.17, 15) is 14.7 Å². The van der Waals surface area contributed by atoms with Gasteiger partial charge in [-0.25, -0.2) is 0 Å². The van der Waals surface area contributed by atoms with Crippen molar-refractivity contribution in [1.29, 1.82) is 0 Å². The lowest BCUT2D eigenvalue weighted by atomic mass is 10.1. The summed E-state index contributed by atoms with van der Waals surface area (Å²) in [6, 6.07) is 0. The molecule has 0 saturated carbocycles. The summed E-state index contributed by atoms with van der Waals surface area (Å²) in [7, 11) is 0. The molecule has 0 aromatic rings. The normalized spacial score (nSPS) is 17.8. The number of hydrogen-bond donors (Lipinski definition) is 1. The zero-order valence-corrected chi connectivity index (χ0v) is 24.8. The van der Waals surface area contributed by atoms with Crippen molar-refractivity contribution in [2.75, 3.05) is 13.2 Å². The minimum Gasteiger partial charge on any atom is -0.463 e. The van der Waals surface area contributed by atoms with Crippen LogP contribution >= 0.6 is 0 Å². The highest BCUT2D eigenvalue weighted by Crippen LogP contribution is 2.29. The third-order valence-corrected chi connectivity index (χ3v) is 6.78. The van der Waals surface area contributed by atoms with E-state index in [1.54, 1.807) is 0 Å². The van der Waals surface area contributed by atoms with Crippen molar-refractivity contribution in [1.82, 2.24) is 0 Å². The molecule has 1 rings (SSSR count). The number of unbranched alkanes of at least 4 members (excludes halogenated alkanes) is 10. The highest BCUT2D eigenvalue weighted by molar-refractivity contribution is 5.69. The molecule has 1 fully saturated rings. The SMILES string of the molecule is CCCCC/C=C\C/C=C\CC1OC1C/C=C\CCCC(=O)OC[C@@H](O)COC(=O)CCCCCCCCC. The van der Waals surface area contributed by atoms with Gasteiger partial charge >= 0.3 is 11.9 Å². The molecule has 39 heavy (non-hydrogen) atoms. The number of carbonyl (C=O) groups is 2. The van der Waals surface area contributed by atoms with E-state index in [2.05, 4.69) is 50.3 Å².